The summed E-state index contributed by atoms with van der Waals surface area (Å²) >= 11 is 6.41. The van der Waals surface area contributed by atoms with Gasteiger partial charge in [0.15, 0.2) is 5.13 Å². The molecule has 0 spiro atoms. The Morgan fingerprint density at radius 1 is 1.59 bits per heavy atom. The zero-order valence-electron chi connectivity index (χ0n) is 9.14. The number of nitrogens with two attached hydrogens (primary N) is 1. The Morgan fingerprint density at radius 2 is 2.29 bits per heavy atom. The molecule has 1 amide bonds. The Morgan fingerprint density at radius 3 is 2.82 bits per heavy atom. The van der Waals surface area contributed by atoms with Crippen LogP contribution >= 0.6 is 23.6 Å². The minimum atomic E-state index is -0.792. The number of nitrogens with one attached hydrogen (secondary N) is 1. The molecule has 1 fully saturated rings. The van der Waals surface area contributed by atoms with E-state index in [9.17, 15) is 4.79 Å². The molecule has 92 valence electrons. The Kier molecular flexibility index (Phi) is 3.70. The van der Waals surface area contributed by atoms with Crippen LogP contribution in [0.15, 0.2) is 11.6 Å². The summed E-state index contributed by atoms with van der Waals surface area (Å²) in [6.07, 6.45) is 2.69. The van der Waals surface area contributed by atoms with Crippen molar-refractivity contribution in [3.63, 3.8) is 0 Å². The molecule has 0 atom stereocenters. The van der Waals surface area contributed by atoms with Gasteiger partial charge in [-0.05, 0) is 12.8 Å². The smallest absolute Gasteiger partial charge is 0.239 e. The molecule has 3 N–H and O–H groups in total. The van der Waals surface area contributed by atoms with Crippen LogP contribution in [0.1, 0.15) is 12.8 Å². The van der Waals surface area contributed by atoms with E-state index in [1.807, 2.05) is 0 Å². The molecule has 0 unspecified atom stereocenters. The third-order valence-corrected chi connectivity index (χ3v) is 3.98. The maximum absolute atomic E-state index is 12.3. The van der Waals surface area contributed by atoms with Crippen LogP contribution in [0.5, 0.6) is 0 Å². The van der Waals surface area contributed by atoms with Crippen LogP contribution in [0.2, 0.25) is 0 Å². The van der Waals surface area contributed by atoms with Gasteiger partial charge < -0.3 is 15.8 Å². The van der Waals surface area contributed by atoms with E-state index in [2.05, 4.69) is 10.3 Å². The number of hydrogen-bond donors (Lipinski definition) is 2. The van der Waals surface area contributed by atoms with E-state index in [4.69, 9.17) is 22.7 Å². The van der Waals surface area contributed by atoms with Crippen LogP contribution in [0, 0.1) is 5.41 Å². The second-order valence-corrected chi connectivity index (χ2v) is 5.18. The van der Waals surface area contributed by atoms with Crippen molar-refractivity contribution in [2.45, 2.75) is 12.8 Å². The van der Waals surface area contributed by atoms with Crippen molar-refractivity contribution in [3.05, 3.63) is 11.6 Å². The Labute approximate surface area is 108 Å². The monoisotopic (exact) mass is 271 g/mol. The minimum absolute atomic E-state index is 0.178. The molecule has 1 aromatic heterocycles. The van der Waals surface area contributed by atoms with Gasteiger partial charge in [-0.15, -0.1) is 11.3 Å². The second-order valence-electron chi connectivity index (χ2n) is 3.85. The summed E-state index contributed by atoms with van der Waals surface area (Å²) in [6, 6.07) is 0. The fourth-order valence-corrected chi connectivity index (χ4v) is 2.63. The van der Waals surface area contributed by atoms with E-state index in [1.165, 1.54) is 11.3 Å². The van der Waals surface area contributed by atoms with E-state index in [-0.39, 0.29) is 10.9 Å². The zero-order chi connectivity index (χ0) is 12.3. The van der Waals surface area contributed by atoms with Crippen LogP contribution in [0.3, 0.4) is 0 Å². The molecule has 0 saturated carbocycles. The second kappa shape index (κ2) is 5.07. The van der Waals surface area contributed by atoms with Gasteiger partial charge in [-0.1, -0.05) is 12.2 Å². The molecule has 1 aliphatic heterocycles. The fraction of sp³-hybridized carbons (Fsp3) is 0.500. The van der Waals surface area contributed by atoms with Gasteiger partial charge in [0.2, 0.25) is 5.91 Å². The Hall–Kier alpha value is -1.05. The Bertz CT molecular complexity index is 413. The lowest BCUT2D eigenvalue weighted by Crippen LogP contribution is -2.49. The van der Waals surface area contributed by atoms with Crippen molar-refractivity contribution in [2.75, 3.05) is 18.5 Å². The number of rotatable bonds is 3. The number of amides is 1. The average Bonchev–Trinajstić information content (AvgIpc) is 2.82. The van der Waals surface area contributed by atoms with Crippen molar-refractivity contribution in [1.29, 1.82) is 0 Å². The van der Waals surface area contributed by atoms with E-state index in [0.29, 0.717) is 31.2 Å². The maximum atomic E-state index is 12.3. The summed E-state index contributed by atoms with van der Waals surface area (Å²) in [5, 5.41) is 5.12. The Balaban J connectivity index is 2.15. The highest BCUT2D eigenvalue weighted by Crippen LogP contribution is 2.32. The van der Waals surface area contributed by atoms with Gasteiger partial charge in [0, 0.05) is 24.8 Å². The fourth-order valence-electron chi connectivity index (χ4n) is 1.81. The third kappa shape index (κ3) is 2.46. The lowest BCUT2D eigenvalue weighted by Gasteiger charge is -2.34. The summed E-state index contributed by atoms with van der Waals surface area (Å²) in [5.74, 6) is -0.178. The van der Waals surface area contributed by atoms with Crippen LogP contribution in [0.25, 0.3) is 0 Å². The molecule has 2 rings (SSSR count). The zero-order valence-corrected chi connectivity index (χ0v) is 10.8. The first-order chi connectivity index (χ1) is 8.15. The third-order valence-electron chi connectivity index (χ3n) is 2.91. The number of thiazole rings is 1. The number of aromatic nitrogens is 1. The molecule has 0 bridgehead atoms. The van der Waals surface area contributed by atoms with Gasteiger partial charge in [0.1, 0.15) is 5.41 Å². The van der Waals surface area contributed by atoms with Gasteiger partial charge in [0.25, 0.3) is 0 Å². The number of anilines is 1. The van der Waals surface area contributed by atoms with Gasteiger partial charge >= 0.3 is 0 Å². The first-order valence-corrected chi connectivity index (χ1v) is 6.52. The molecule has 0 aromatic carbocycles. The summed E-state index contributed by atoms with van der Waals surface area (Å²) in [5.41, 5.74) is 4.94. The van der Waals surface area contributed by atoms with Gasteiger partial charge in [-0.3, -0.25) is 4.79 Å². The van der Waals surface area contributed by atoms with Crippen LogP contribution in [0.4, 0.5) is 5.13 Å². The van der Waals surface area contributed by atoms with Crippen molar-refractivity contribution in [3.8, 4) is 0 Å². The SMILES string of the molecule is NC(=S)C1(C(=O)Nc2nccs2)CCOCC1. The number of nitrogens with zero attached hydrogens (tertiary/aromatic N) is 1. The molecule has 1 aliphatic rings. The number of thiocarbonyl (C=S) groups is 1. The van der Waals surface area contributed by atoms with E-state index < -0.39 is 5.41 Å². The molecule has 1 saturated heterocycles. The van der Waals surface area contributed by atoms with Crippen LogP contribution < -0.4 is 11.1 Å². The minimum Gasteiger partial charge on any atom is -0.392 e. The summed E-state index contributed by atoms with van der Waals surface area (Å²) in [7, 11) is 0. The predicted molar refractivity (Wildman–Crippen MR) is 70.0 cm³/mol. The first kappa shape index (κ1) is 12.4. The summed E-state index contributed by atoms with van der Waals surface area (Å²) in [6.45, 7) is 1.01. The molecule has 7 heteroatoms. The van der Waals surface area contributed by atoms with Crippen molar-refractivity contribution in [1.82, 2.24) is 4.98 Å². The molecule has 1 aromatic rings. The number of ether oxygens (including phenoxy) is 1. The van der Waals surface area contributed by atoms with Crippen LogP contribution in [-0.4, -0.2) is 29.1 Å². The van der Waals surface area contributed by atoms with E-state index >= 15 is 0 Å². The van der Waals surface area contributed by atoms with Crippen molar-refractivity contribution in [2.24, 2.45) is 11.1 Å². The molecule has 0 aliphatic carbocycles. The average molecular weight is 271 g/mol. The number of carbonyl (C=O) groups is 1. The topological polar surface area (TPSA) is 77.2 Å². The molecular weight excluding hydrogens is 258 g/mol. The molecule has 0 radical (unpaired) electrons. The van der Waals surface area contributed by atoms with E-state index in [1.54, 1.807) is 11.6 Å². The normalized spacial score (nSPS) is 18.6. The lowest BCUT2D eigenvalue weighted by molar-refractivity contribution is -0.126. The highest BCUT2D eigenvalue weighted by Gasteiger charge is 2.43. The quantitative estimate of drug-likeness (QED) is 0.807. The van der Waals surface area contributed by atoms with Gasteiger partial charge in [0.05, 0.1) is 4.99 Å². The van der Waals surface area contributed by atoms with Crippen molar-refractivity contribution < 1.29 is 9.53 Å². The lowest BCUT2D eigenvalue weighted by atomic mass is 9.79. The maximum Gasteiger partial charge on any atom is 0.239 e. The van der Waals surface area contributed by atoms with E-state index in [0.717, 1.165) is 0 Å². The number of carbonyl (C=O) groups excluding carboxylic acids is 1. The van der Waals surface area contributed by atoms with Crippen molar-refractivity contribution >= 4 is 39.6 Å². The molecule has 5 nitrogen and oxygen atoms in total. The van der Waals surface area contributed by atoms with Crippen LogP contribution in [-0.2, 0) is 9.53 Å². The molecule has 2 heterocycles. The highest BCUT2D eigenvalue weighted by molar-refractivity contribution is 7.80. The standard InChI is InChI=1S/C10H13N3O2S2/c11-7(16)10(1-4-15-5-2-10)8(14)13-9-12-3-6-17-9/h3,6H,1-2,4-5H2,(H2,11,16)(H,12,13,14). The summed E-state index contributed by atoms with van der Waals surface area (Å²) in [4.78, 5) is 16.5. The van der Waals surface area contributed by atoms with Gasteiger partial charge in [-0.25, -0.2) is 4.98 Å². The highest BCUT2D eigenvalue weighted by atomic mass is 32.1. The molecule has 17 heavy (non-hydrogen) atoms. The number of hydrogen-bond acceptors (Lipinski definition) is 5. The predicted octanol–water partition coefficient (Wildman–Crippen LogP) is 1.16. The largest absolute Gasteiger partial charge is 0.392 e. The van der Waals surface area contributed by atoms with Gasteiger partial charge in [-0.2, -0.15) is 0 Å². The first-order valence-electron chi connectivity index (χ1n) is 5.24. The molecular formula is C10H13N3O2S2. The summed E-state index contributed by atoms with van der Waals surface area (Å²) < 4.78 is 5.25.